The van der Waals surface area contributed by atoms with E-state index in [-0.39, 0.29) is 5.78 Å². The van der Waals surface area contributed by atoms with Gasteiger partial charge in [0.2, 0.25) is 0 Å². The average molecular weight is 305 g/mol. The molecule has 2 aromatic carbocycles. The SMILES string of the molecule is COc1cc(C(=O)Cc2ccc(C)cc2)cc(Cl)c1OC. The van der Waals surface area contributed by atoms with E-state index < -0.39 is 0 Å². The summed E-state index contributed by atoms with van der Waals surface area (Å²) in [7, 11) is 3.03. The van der Waals surface area contributed by atoms with Crippen molar-refractivity contribution in [3.05, 3.63) is 58.1 Å². The van der Waals surface area contributed by atoms with Gasteiger partial charge >= 0.3 is 0 Å². The Hall–Kier alpha value is -2.00. The lowest BCUT2D eigenvalue weighted by Gasteiger charge is -2.11. The van der Waals surface area contributed by atoms with Crippen LogP contribution in [0.1, 0.15) is 21.5 Å². The minimum Gasteiger partial charge on any atom is -0.493 e. The second-order valence-corrected chi connectivity index (χ2v) is 5.19. The van der Waals surface area contributed by atoms with E-state index in [0.717, 1.165) is 5.56 Å². The fourth-order valence-electron chi connectivity index (χ4n) is 2.07. The molecule has 4 heteroatoms. The summed E-state index contributed by atoms with van der Waals surface area (Å²) in [5.41, 5.74) is 2.65. The van der Waals surface area contributed by atoms with Gasteiger partial charge in [0.25, 0.3) is 0 Å². The van der Waals surface area contributed by atoms with Crippen molar-refractivity contribution >= 4 is 17.4 Å². The van der Waals surface area contributed by atoms with Gasteiger partial charge in [-0.25, -0.2) is 0 Å². The van der Waals surface area contributed by atoms with Crippen LogP contribution < -0.4 is 9.47 Å². The third kappa shape index (κ3) is 3.56. The molecule has 0 aliphatic heterocycles. The molecule has 0 aromatic heterocycles. The molecule has 0 radical (unpaired) electrons. The van der Waals surface area contributed by atoms with E-state index in [2.05, 4.69) is 0 Å². The van der Waals surface area contributed by atoms with Crippen LogP contribution in [-0.2, 0) is 6.42 Å². The van der Waals surface area contributed by atoms with Crippen molar-refractivity contribution < 1.29 is 14.3 Å². The van der Waals surface area contributed by atoms with E-state index in [1.165, 1.54) is 19.8 Å². The molecule has 21 heavy (non-hydrogen) atoms. The highest BCUT2D eigenvalue weighted by atomic mass is 35.5. The van der Waals surface area contributed by atoms with Gasteiger partial charge < -0.3 is 9.47 Å². The number of rotatable bonds is 5. The molecule has 0 aliphatic carbocycles. The summed E-state index contributed by atoms with van der Waals surface area (Å²) in [6.45, 7) is 2.01. The Morgan fingerprint density at radius 1 is 1.10 bits per heavy atom. The van der Waals surface area contributed by atoms with Gasteiger partial charge in [-0.1, -0.05) is 41.4 Å². The second kappa shape index (κ2) is 6.64. The quantitative estimate of drug-likeness (QED) is 0.780. The van der Waals surface area contributed by atoms with Crippen LogP contribution in [0.2, 0.25) is 5.02 Å². The van der Waals surface area contributed by atoms with E-state index in [1.54, 1.807) is 12.1 Å². The van der Waals surface area contributed by atoms with Crippen molar-refractivity contribution in [3.63, 3.8) is 0 Å². The lowest BCUT2D eigenvalue weighted by molar-refractivity contribution is 0.0992. The van der Waals surface area contributed by atoms with E-state index in [0.29, 0.717) is 28.5 Å². The maximum absolute atomic E-state index is 12.4. The molecule has 0 saturated carbocycles. The molecule has 0 fully saturated rings. The number of aryl methyl sites for hydroxylation is 1. The lowest BCUT2D eigenvalue weighted by atomic mass is 10.0. The molecular formula is C17H17ClO3. The number of hydrogen-bond acceptors (Lipinski definition) is 3. The van der Waals surface area contributed by atoms with Gasteiger partial charge in [-0.2, -0.15) is 0 Å². The second-order valence-electron chi connectivity index (χ2n) is 4.78. The zero-order valence-electron chi connectivity index (χ0n) is 12.3. The van der Waals surface area contributed by atoms with Crippen molar-refractivity contribution in [3.8, 4) is 11.5 Å². The largest absolute Gasteiger partial charge is 0.493 e. The van der Waals surface area contributed by atoms with Crippen LogP contribution in [0, 0.1) is 6.92 Å². The molecular weight excluding hydrogens is 288 g/mol. The average Bonchev–Trinajstić information content (AvgIpc) is 2.48. The zero-order chi connectivity index (χ0) is 15.4. The lowest BCUT2D eigenvalue weighted by Crippen LogP contribution is -2.05. The molecule has 0 amide bonds. The van der Waals surface area contributed by atoms with Gasteiger partial charge in [-0.05, 0) is 24.6 Å². The third-order valence-electron chi connectivity index (χ3n) is 3.24. The van der Waals surface area contributed by atoms with Crippen molar-refractivity contribution in [1.29, 1.82) is 0 Å². The van der Waals surface area contributed by atoms with E-state index >= 15 is 0 Å². The zero-order valence-corrected chi connectivity index (χ0v) is 13.0. The third-order valence-corrected chi connectivity index (χ3v) is 3.52. The van der Waals surface area contributed by atoms with Gasteiger partial charge in [-0.3, -0.25) is 4.79 Å². The number of benzene rings is 2. The highest BCUT2D eigenvalue weighted by Crippen LogP contribution is 2.36. The number of hydrogen-bond donors (Lipinski definition) is 0. The molecule has 2 rings (SSSR count). The molecule has 0 saturated heterocycles. The summed E-state index contributed by atoms with van der Waals surface area (Å²) < 4.78 is 10.4. The smallest absolute Gasteiger partial charge is 0.179 e. The topological polar surface area (TPSA) is 35.5 Å². The molecule has 0 N–H and O–H groups in total. The van der Waals surface area contributed by atoms with Crippen molar-refractivity contribution in [2.24, 2.45) is 0 Å². The molecule has 3 nitrogen and oxygen atoms in total. The predicted molar refractivity (Wildman–Crippen MR) is 83.8 cm³/mol. The highest BCUT2D eigenvalue weighted by Gasteiger charge is 2.15. The van der Waals surface area contributed by atoms with Gasteiger partial charge in [0.05, 0.1) is 19.2 Å². The van der Waals surface area contributed by atoms with Crippen molar-refractivity contribution in [2.45, 2.75) is 13.3 Å². The number of ether oxygens (including phenoxy) is 2. The summed E-state index contributed by atoms with van der Waals surface area (Å²) in [5.74, 6) is 0.880. The summed E-state index contributed by atoms with van der Waals surface area (Å²) >= 11 is 6.12. The molecule has 0 unspecified atom stereocenters. The number of Topliss-reactive ketones (excluding diaryl/α,β-unsaturated/α-hetero) is 1. The van der Waals surface area contributed by atoms with Crippen molar-refractivity contribution in [1.82, 2.24) is 0 Å². The van der Waals surface area contributed by atoms with E-state index in [4.69, 9.17) is 21.1 Å². The maximum atomic E-state index is 12.4. The first-order valence-corrected chi connectivity index (χ1v) is 6.93. The van der Waals surface area contributed by atoms with Gasteiger partial charge in [0.1, 0.15) is 0 Å². The first-order valence-electron chi connectivity index (χ1n) is 6.55. The first kappa shape index (κ1) is 15.4. The summed E-state index contributed by atoms with van der Waals surface area (Å²) in [6.07, 6.45) is 0.325. The highest BCUT2D eigenvalue weighted by molar-refractivity contribution is 6.32. The van der Waals surface area contributed by atoms with Crippen LogP contribution in [0.25, 0.3) is 0 Å². The Balaban J connectivity index is 2.27. The fraction of sp³-hybridized carbons (Fsp3) is 0.235. The molecule has 0 aliphatic rings. The Labute approximate surface area is 129 Å². The number of carbonyl (C=O) groups is 1. The van der Waals surface area contributed by atoms with E-state index in [9.17, 15) is 4.79 Å². The number of methoxy groups -OCH3 is 2. The number of halogens is 1. The molecule has 0 heterocycles. The Morgan fingerprint density at radius 3 is 2.33 bits per heavy atom. The maximum Gasteiger partial charge on any atom is 0.179 e. The summed E-state index contributed by atoms with van der Waals surface area (Å²) in [4.78, 5) is 12.4. The van der Waals surface area contributed by atoms with Crippen LogP contribution in [0.4, 0.5) is 0 Å². The normalized spacial score (nSPS) is 10.3. The summed E-state index contributed by atoms with van der Waals surface area (Å²) in [6, 6.07) is 11.2. The molecule has 0 atom stereocenters. The standard InChI is InChI=1S/C17H17ClO3/c1-11-4-6-12(7-5-11)8-15(19)13-9-14(18)17(21-3)16(10-13)20-2/h4-7,9-10H,8H2,1-3H3. The van der Waals surface area contributed by atoms with Gasteiger partial charge in [0, 0.05) is 12.0 Å². The van der Waals surface area contributed by atoms with Crippen LogP contribution in [0.5, 0.6) is 11.5 Å². The first-order chi connectivity index (χ1) is 10.0. The Morgan fingerprint density at radius 2 is 1.76 bits per heavy atom. The molecule has 0 spiro atoms. The number of ketones is 1. The molecule has 110 valence electrons. The van der Waals surface area contributed by atoms with E-state index in [1.807, 2.05) is 31.2 Å². The van der Waals surface area contributed by atoms with Gasteiger partial charge in [0.15, 0.2) is 17.3 Å². The number of carbonyl (C=O) groups excluding carboxylic acids is 1. The van der Waals surface area contributed by atoms with Crippen LogP contribution in [-0.4, -0.2) is 20.0 Å². The minimum atomic E-state index is -0.0123. The van der Waals surface area contributed by atoms with Crippen molar-refractivity contribution in [2.75, 3.05) is 14.2 Å². The molecule has 2 aromatic rings. The fourth-order valence-corrected chi connectivity index (χ4v) is 2.36. The summed E-state index contributed by atoms with van der Waals surface area (Å²) in [5, 5.41) is 0.365. The van der Waals surface area contributed by atoms with Gasteiger partial charge in [-0.15, -0.1) is 0 Å². The minimum absolute atomic E-state index is 0.0123. The monoisotopic (exact) mass is 304 g/mol. The Bertz CT molecular complexity index is 648. The Kier molecular flexibility index (Phi) is 4.86. The van der Waals surface area contributed by atoms with Crippen LogP contribution in [0.3, 0.4) is 0 Å². The molecule has 0 bridgehead atoms. The predicted octanol–water partition coefficient (Wildman–Crippen LogP) is 4.09. The van der Waals surface area contributed by atoms with Crippen LogP contribution >= 0.6 is 11.6 Å². The van der Waals surface area contributed by atoms with Crippen LogP contribution in [0.15, 0.2) is 36.4 Å².